The third-order valence-electron chi connectivity index (χ3n) is 6.13. The van der Waals surface area contributed by atoms with E-state index in [1.165, 1.54) is 5.56 Å². The van der Waals surface area contributed by atoms with Crippen LogP contribution in [0.15, 0.2) is 36.4 Å². The molecular weight excluding hydrogens is 422 g/mol. The van der Waals surface area contributed by atoms with Gasteiger partial charge in [0.15, 0.2) is 5.82 Å². The van der Waals surface area contributed by atoms with Gasteiger partial charge in [-0.2, -0.15) is 0 Å². The average molecular weight is 452 g/mol. The van der Waals surface area contributed by atoms with Gasteiger partial charge >= 0.3 is 0 Å². The molecule has 0 saturated carbocycles. The lowest BCUT2D eigenvalue weighted by Crippen LogP contribution is -2.27. The minimum Gasteiger partial charge on any atom is -0.388 e. The van der Waals surface area contributed by atoms with E-state index in [-0.39, 0.29) is 5.91 Å². The molecule has 168 valence electrons. The van der Waals surface area contributed by atoms with Crippen molar-refractivity contribution in [3.63, 3.8) is 0 Å². The number of aromatic nitrogens is 2. The van der Waals surface area contributed by atoms with Crippen LogP contribution in [-0.2, 0) is 26.4 Å². The Morgan fingerprint density at radius 1 is 1.12 bits per heavy atom. The number of likely N-dealkylation sites (N-methyl/N-ethyl adjacent to an activating group) is 1. The summed E-state index contributed by atoms with van der Waals surface area (Å²) >= 11 is 6.83. The van der Waals surface area contributed by atoms with Crippen LogP contribution in [0.3, 0.4) is 0 Å². The van der Waals surface area contributed by atoms with Gasteiger partial charge in [-0.1, -0.05) is 49.2 Å². The Hall–Kier alpha value is -2.83. The third-order valence-corrected chi connectivity index (χ3v) is 6.54. The van der Waals surface area contributed by atoms with Crippen molar-refractivity contribution in [1.82, 2.24) is 14.5 Å². The molecule has 1 aromatic heterocycles. The summed E-state index contributed by atoms with van der Waals surface area (Å²) in [5.74, 6) is 0.164. The largest absolute Gasteiger partial charge is 0.388 e. The number of halogens is 1. The Balaban J connectivity index is 1.67. The standard InChI is InChI=1S/C25H30ClN5O/c1-5-8-17-16(9-6-11-19(17)27-2)18-10-7-12-20(23(18)26)29-25(32)24-28-21-15-30(3)14-13-22(21)31(24)4/h6-7,9-12,27H,5,8,13-15H2,1-4H3,(H,29,32). The average Bonchev–Trinajstić information content (AvgIpc) is 3.11. The smallest absolute Gasteiger partial charge is 0.291 e. The molecule has 1 aliphatic rings. The second-order valence-electron chi connectivity index (χ2n) is 8.33. The second kappa shape index (κ2) is 9.35. The molecule has 0 saturated heterocycles. The normalized spacial score (nSPS) is 13.7. The summed E-state index contributed by atoms with van der Waals surface area (Å²) in [6, 6.07) is 12.0. The number of carbonyl (C=O) groups excluding carboxylic acids is 1. The number of carbonyl (C=O) groups is 1. The number of nitrogens with zero attached hydrogens (tertiary/aromatic N) is 3. The van der Waals surface area contributed by atoms with Crippen molar-refractivity contribution in [3.8, 4) is 11.1 Å². The van der Waals surface area contributed by atoms with Crippen molar-refractivity contribution in [3.05, 3.63) is 64.2 Å². The molecule has 0 atom stereocenters. The molecule has 0 aliphatic carbocycles. The van der Waals surface area contributed by atoms with Gasteiger partial charge in [0, 0.05) is 50.6 Å². The maximum Gasteiger partial charge on any atom is 0.291 e. The summed E-state index contributed by atoms with van der Waals surface area (Å²) in [5.41, 5.74) is 6.99. The number of nitrogens with one attached hydrogen (secondary N) is 2. The Morgan fingerprint density at radius 3 is 2.56 bits per heavy atom. The van der Waals surface area contributed by atoms with Crippen molar-refractivity contribution in [2.75, 3.05) is 31.3 Å². The molecule has 32 heavy (non-hydrogen) atoms. The Labute approximate surface area is 194 Å². The molecular formula is C25H30ClN5O. The van der Waals surface area contributed by atoms with Crippen LogP contribution in [-0.4, -0.2) is 41.0 Å². The number of hydrogen-bond donors (Lipinski definition) is 2. The number of rotatable bonds is 6. The summed E-state index contributed by atoms with van der Waals surface area (Å²) in [6.07, 6.45) is 2.85. The number of amides is 1. The van der Waals surface area contributed by atoms with Crippen LogP contribution >= 0.6 is 11.6 Å². The predicted octanol–water partition coefficient (Wildman–Crippen LogP) is 4.97. The third kappa shape index (κ3) is 4.12. The number of imidazole rings is 1. The van der Waals surface area contributed by atoms with Crippen molar-refractivity contribution in [2.45, 2.75) is 32.7 Å². The second-order valence-corrected chi connectivity index (χ2v) is 8.71. The van der Waals surface area contributed by atoms with E-state index in [9.17, 15) is 4.79 Å². The first-order chi connectivity index (χ1) is 15.4. The van der Waals surface area contributed by atoms with Crippen molar-refractivity contribution < 1.29 is 4.79 Å². The van der Waals surface area contributed by atoms with Crippen molar-refractivity contribution >= 4 is 28.9 Å². The Morgan fingerprint density at radius 2 is 1.84 bits per heavy atom. The van der Waals surface area contributed by atoms with Crippen LogP contribution in [0.1, 0.15) is 40.9 Å². The quantitative estimate of drug-likeness (QED) is 0.555. The molecule has 2 heterocycles. The zero-order valence-corrected chi connectivity index (χ0v) is 19.9. The van der Waals surface area contributed by atoms with Gasteiger partial charge in [-0.3, -0.25) is 4.79 Å². The number of hydrogen-bond acceptors (Lipinski definition) is 4. The van der Waals surface area contributed by atoms with E-state index < -0.39 is 0 Å². The van der Waals surface area contributed by atoms with Gasteiger partial charge in [-0.15, -0.1) is 0 Å². The fourth-order valence-electron chi connectivity index (χ4n) is 4.47. The lowest BCUT2D eigenvalue weighted by Gasteiger charge is -2.21. The Kier molecular flexibility index (Phi) is 6.53. The fourth-order valence-corrected chi connectivity index (χ4v) is 4.74. The number of anilines is 2. The highest BCUT2D eigenvalue weighted by Crippen LogP contribution is 2.38. The molecule has 0 fully saturated rings. The molecule has 4 rings (SSSR count). The summed E-state index contributed by atoms with van der Waals surface area (Å²) in [6.45, 7) is 3.89. The molecule has 0 spiro atoms. The fraction of sp³-hybridized carbons (Fsp3) is 0.360. The van der Waals surface area contributed by atoms with Gasteiger partial charge in [0.2, 0.25) is 0 Å². The first kappa shape index (κ1) is 22.4. The first-order valence-corrected chi connectivity index (χ1v) is 11.4. The molecule has 7 heteroatoms. The zero-order valence-electron chi connectivity index (χ0n) is 19.1. The molecule has 1 aliphatic heterocycles. The maximum absolute atomic E-state index is 13.1. The lowest BCUT2D eigenvalue weighted by molar-refractivity contribution is 0.101. The minimum atomic E-state index is -0.249. The molecule has 0 radical (unpaired) electrons. The Bertz CT molecular complexity index is 1150. The summed E-state index contributed by atoms with van der Waals surface area (Å²) < 4.78 is 1.91. The van der Waals surface area contributed by atoms with Gasteiger partial charge in [-0.25, -0.2) is 4.98 Å². The first-order valence-electron chi connectivity index (χ1n) is 11.1. The van der Waals surface area contributed by atoms with Crippen LogP contribution in [0, 0.1) is 0 Å². The van der Waals surface area contributed by atoms with Gasteiger partial charge in [0.1, 0.15) is 0 Å². The van der Waals surface area contributed by atoms with Gasteiger partial charge in [-0.05, 0) is 36.7 Å². The van der Waals surface area contributed by atoms with E-state index in [2.05, 4.69) is 46.6 Å². The maximum atomic E-state index is 13.1. The molecule has 0 unspecified atom stereocenters. The molecule has 2 N–H and O–H groups in total. The van der Waals surface area contributed by atoms with Crippen LogP contribution in [0.2, 0.25) is 5.02 Å². The van der Waals surface area contributed by atoms with E-state index in [0.717, 1.165) is 60.6 Å². The minimum absolute atomic E-state index is 0.249. The van der Waals surface area contributed by atoms with E-state index >= 15 is 0 Å². The van der Waals surface area contributed by atoms with Crippen LogP contribution in [0.4, 0.5) is 11.4 Å². The van der Waals surface area contributed by atoms with Crippen LogP contribution < -0.4 is 10.6 Å². The number of benzene rings is 2. The molecule has 2 aromatic carbocycles. The van der Waals surface area contributed by atoms with E-state index in [4.69, 9.17) is 11.6 Å². The van der Waals surface area contributed by atoms with Crippen LogP contribution in [0.5, 0.6) is 0 Å². The zero-order chi connectivity index (χ0) is 22.8. The molecule has 6 nitrogen and oxygen atoms in total. The summed E-state index contributed by atoms with van der Waals surface area (Å²) in [5, 5.41) is 6.81. The summed E-state index contributed by atoms with van der Waals surface area (Å²) in [7, 11) is 5.91. The predicted molar refractivity (Wildman–Crippen MR) is 132 cm³/mol. The highest BCUT2D eigenvalue weighted by molar-refractivity contribution is 6.36. The topological polar surface area (TPSA) is 62.2 Å². The van der Waals surface area contributed by atoms with Gasteiger partial charge in [0.25, 0.3) is 5.91 Å². The van der Waals surface area contributed by atoms with E-state index in [0.29, 0.717) is 16.5 Å². The lowest BCUT2D eigenvalue weighted by atomic mass is 9.94. The van der Waals surface area contributed by atoms with Crippen LogP contribution in [0.25, 0.3) is 11.1 Å². The van der Waals surface area contributed by atoms with E-state index in [1.54, 1.807) is 0 Å². The molecule has 1 amide bonds. The summed E-state index contributed by atoms with van der Waals surface area (Å²) in [4.78, 5) is 20.0. The van der Waals surface area contributed by atoms with Crippen molar-refractivity contribution in [2.24, 2.45) is 7.05 Å². The monoisotopic (exact) mass is 451 g/mol. The molecule has 3 aromatic rings. The molecule has 0 bridgehead atoms. The SMILES string of the molecule is CCCc1c(NC)cccc1-c1cccc(NC(=O)c2nc3c(n2C)CCN(C)C3)c1Cl. The van der Waals surface area contributed by atoms with Gasteiger partial charge < -0.3 is 20.1 Å². The van der Waals surface area contributed by atoms with E-state index in [1.807, 2.05) is 42.9 Å². The highest BCUT2D eigenvalue weighted by atomic mass is 35.5. The highest BCUT2D eigenvalue weighted by Gasteiger charge is 2.24. The number of fused-ring (bicyclic) bond motifs is 1. The van der Waals surface area contributed by atoms with Crippen molar-refractivity contribution in [1.29, 1.82) is 0 Å². The van der Waals surface area contributed by atoms with Gasteiger partial charge in [0.05, 0.1) is 16.4 Å².